The maximum Gasteiger partial charge on any atom is 0.313 e. The van der Waals surface area contributed by atoms with Crippen molar-refractivity contribution in [1.29, 1.82) is 0 Å². The second-order valence-electron chi connectivity index (χ2n) is 3.93. The van der Waals surface area contributed by atoms with Gasteiger partial charge in [-0.15, -0.1) is 0 Å². The Bertz CT molecular complexity index is 664. The molecule has 2 N–H and O–H groups in total. The molecule has 0 amide bonds. The van der Waals surface area contributed by atoms with Gasteiger partial charge in [-0.05, 0) is 30.3 Å². The average Bonchev–Trinajstić information content (AvgIpc) is 2.42. The summed E-state index contributed by atoms with van der Waals surface area (Å²) in [5, 5.41) is 11.3. The third kappa shape index (κ3) is 3.27. The molecule has 0 radical (unpaired) electrons. The van der Waals surface area contributed by atoms with Crippen LogP contribution >= 0.6 is 27.5 Å². The largest absolute Gasteiger partial charge is 0.450 e. The third-order valence-electron chi connectivity index (χ3n) is 2.58. The van der Waals surface area contributed by atoms with Crippen LogP contribution in [0, 0.1) is 10.1 Å². The fourth-order valence-electron chi connectivity index (χ4n) is 1.65. The molecule has 104 valence electrons. The van der Waals surface area contributed by atoms with Crippen LogP contribution in [0.3, 0.4) is 0 Å². The predicted octanol–water partition coefficient (Wildman–Crippen LogP) is 4.26. The normalized spacial score (nSPS) is 10.3. The third-order valence-corrected chi connectivity index (χ3v) is 3.31. The molecule has 0 aliphatic rings. The number of nitrogens with two attached hydrogens (primary N) is 1. The number of nitrogens with zero attached hydrogens (tertiary/aromatic N) is 1. The Kier molecular flexibility index (Phi) is 4.59. The number of halogens is 2. The molecule has 0 fully saturated rings. The van der Waals surface area contributed by atoms with Gasteiger partial charge in [0, 0.05) is 27.7 Å². The van der Waals surface area contributed by atoms with E-state index in [1.54, 1.807) is 18.2 Å². The standard InChI is InChI=1S/C13H10BrClN2O3/c14-9-1-3-12(8(5-9)7-16)20-13-4-2-10(15)6-11(13)17(18)19/h1-6H,7,16H2. The molecule has 0 spiro atoms. The van der Waals surface area contributed by atoms with Crippen LogP contribution in [0.1, 0.15) is 5.56 Å². The predicted molar refractivity (Wildman–Crippen MR) is 80.2 cm³/mol. The van der Waals surface area contributed by atoms with Crippen molar-refractivity contribution >= 4 is 33.2 Å². The van der Waals surface area contributed by atoms with Crippen LogP contribution in [0.25, 0.3) is 0 Å². The van der Waals surface area contributed by atoms with Crippen molar-refractivity contribution in [3.8, 4) is 11.5 Å². The molecule has 0 aromatic heterocycles. The summed E-state index contributed by atoms with van der Waals surface area (Å²) in [5.41, 5.74) is 6.19. The van der Waals surface area contributed by atoms with E-state index in [1.807, 2.05) is 0 Å². The first kappa shape index (κ1) is 14.8. The summed E-state index contributed by atoms with van der Waals surface area (Å²) in [4.78, 5) is 10.5. The van der Waals surface area contributed by atoms with E-state index in [2.05, 4.69) is 15.9 Å². The number of benzene rings is 2. The van der Waals surface area contributed by atoms with Gasteiger partial charge < -0.3 is 10.5 Å². The lowest BCUT2D eigenvalue weighted by Gasteiger charge is -2.10. The summed E-state index contributed by atoms with van der Waals surface area (Å²) in [6.45, 7) is 0.260. The van der Waals surface area contributed by atoms with E-state index >= 15 is 0 Å². The van der Waals surface area contributed by atoms with Gasteiger partial charge >= 0.3 is 5.69 Å². The van der Waals surface area contributed by atoms with Crippen molar-refractivity contribution in [3.63, 3.8) is 0 Å². The number of hydrogen-bond acceptors (Lipinski definition) is 4. The van der Waals surface area contributed by atoms with Crippen LogP contribution in [0.5, 0.6) is 11.5 Å². The van der Waals surface area contributed by atoms with Gasteiger partial charge in [0.05, 0.1) is 4.92 Å². The lowest BCUT2D eigenvalue weighted by Crippen LogP contribution is -2.00. The Labute approximate surface area is 128 Å². The Balaban J connectivity index is 2.42. The molecule has 0 atom stereocenters. The zero-order valence-corrected chi connectivity index (χ0v) is 12.5. The van der Waals surface area contributed by atoms with E-state index in [9.17, 15) is 10.1 Å². The van der Waals surface area contributed by atoms with E-state index < -0.39 is 4.92 Å². The number of rotatable bonds is 4. The smallest absolute Gasteiger partial charge is 0.313 e. The van der Waals surface area contributed by atoms with E-state index in [4.69, 9.17) is 22.1 Å². The minimum absolute atomic E-state index is 0.122. The molecular formula is C13H10BrClN2O3. The van der Waals surface area contributed by atoms with Crippen molar-refractivity contribution in [1.82, 2.24) is 0 Å². The fraction of sp³-hybridized carbons (Fsp3) is 0.0769. The molecule has 2 aromatic carbocycles. The van der Waals surface area contributed by atoms with Crippen LogP contribution in [-0.4, -0.2) is 4.92 Å². The Morgan fingerprint density at radius 3 is 2.60 bits per heavy atom. The second-order valence-corrected chi connectivity index (χ2v) is 5.28. The van der Waals surface area contributed by atoms with Gasteiger partial charge in [0.25, 0.3) is 0 Å². The van der Waals surface area contributed by atoms with E-state index in [1.165, 1.54) is 18.2 Å². The molecule has 5 nitrogen and oxygen atoms in total. The van der Waals surface area contributed by atoms with E-state index in [0.29, 0.717) is 5.75 Å². The minimum atomic E-state index is -0.539. The van der Waals surface area contributed by atoms with Gasteiger partial charge in [-0.3, -0.25) is 10.1 Å². The van der Waals surface area contributed by atoms with Crippen molar-refractivity contribution in [2.24, 2.45) is 5.73 Å². The zero-order valence-electron chi connectivity index (χ0n) is 10.2. The van der Waals surface area contributed by atoms with Crippen LogP contribution in [0.4, 0.5) is 5.69 Å². The van der Waals surface area contributed by atoms with Crippen molar-refractivity contribution in [3.05, 3.63) is 61.6 Å². The van der Waals surface area contributed by atoms with Crippen molar-refractivity contribution in [2.45, 2.75) is 6.54 Å². The Hall–Kier alpha value is -1.63. The molecule has 2 rings (SSSR count). The molecule has 7 heteroatoms. The summed E-state index contributed by atoms with van der Waals surface area (Å²) in [5.74, 6) is 0.595. The summed E-state index contributed by atoms with van der Waals surface area (Å²) in [6, 6.07) is 9.52. The molecular weight excluding hydrogens is 348 g/mol. The van der Waals surface area contributed by atoms with Gasteiger partial charge in [0.2, 0.25) is 5.75 Å². The first-order chi connectivity index (χ1) is 9.51. The molecule has 0 aliphatic heterocycles. The SMILES string of the molecule is NCc1cc(Br)ccc1Oc1ccc(Cl)cc1[N+](=O)[O-]. The maximum atomic E-state index is 11.0. The summed E-state index contributed by atoms with van der Waals surface area (Å²) in [7, 11) is 0. The quantitative estimate of drug-likeness (QED) is 0.655. The molecule has 20 heavy (non-hydrogen) atoms. The van der Waals surface area contributed by atoms with E-state index in [0.717, 1.165) is 10.0 Å². The number of nitro groups is 1. The monoisotopic (exact) mass is 356 g/mol. The van der Waals surface area contributed by atoms with Crippen molar-refractivity contribution in [2.75, 3.05) is 0 Å². The highest BCUT2D eigenvalue weighted by atomic mass is 79.9. The Morgan fingerprint density at radius 1 is 1.25 bits per heavy atom. The summed E-state index contributed by atoms with van der Waals surface area (Å²) in [6.07, 6.45) is 0. The van der Waals surface area contributed by atoms with Crippen LogP contribution < -0.4 is 10.5 Å². The molecule has 0 saturated heterocycles. The highest BCUT2D eigenvalue weighted by Gasteiger charge is 2.17. The van der Waals surface area contributed by atoms with Gasteiger partial charge in [-0.25, -0.2) is 0 Å². The molecule has 2 aromatic rings. The highest BCUT2D eigenvalue weighted by Crippen LogP contribution is 2.35. The summed E-state index contributed by atoms with van der Waals surface area (Å²) < 4.78 is 6.46. The molecule has 0 heterocycles. The zero-order chi connectivity index (χ0) is 14.7. The highest BCUT2D eigenvalue weighted by molar-refractivity contribution is 9.10. The molecule has 0 bridgehead atoms. The maximum absolute atomic E-state index is 11.0. The minimum Gasteiger partial charge on any atom is -0.450 e. The lowest BCUT2D eigenvalue weighted by molar-refractivity contribution is -0.385. The molecule has 0 aliphatic carbocycles. The first-order valence-corrected chi connectivity index (χ1v) is 6.78. The van der Waals surface area contributed by atoms with Crippen LogP contribution in [-0.2, 0) is 6.54 Å². The number of ether oxygens (including phenoxy) is 1. The molecule has 0 unspecified atom stereocenters. The second kappa shape index (κ2) is 6.21. The van der Waals surface area contributed by atoms with E-state index in [-0.39, 0.29) is 23.0 Å². The first-order valence-electron chi connectivity index (χ1n) is 5.61. The van der Waals surface area contributed by atoms with Gasteiger partial charge in [-0.2, -0.15) is 0 Å². The molecule has 0 saturated carbocycles. The lowest BCUT2D eigenvalue weighted by atomic mass is 10.2. The number of nitro benzene ring substituents is 1. The fourth-order valence-corrected chi connectivity index (χ4v) is 2.22. The van der Waals surface area contributed by atoms with Gasteiger partial charge in [0.15, 0.2) is 0 Å². The van der Waals surface area contributed by atoms with Gasteiger partial charge in [-0.1, -0.05) is 27.5 Å². The van der Waals surface area contributed by atoms with Crippen LogP contribution in [0.15, 0.2) is 40.9 Å². The Morgan fingerprint density at radius 2 is 1.95 bits per heavy atom. The van der Waals surface area contributed by atoms with Crippen LogP contribution in [0.2, 0.25) is 5.02 Å². The summed E-state index contributed by atoms with van der Waals surface area (Å²) >= 11 is 9.09. The van der Waals surface area contributed by atoms with Crippen molar-refractivity contribution < 1.29 is 9.66 Å². The topological polar surface area (TPSA) is 78.4 Å². The van der Waals surface area contributed by atoms with Gasteiger partial charge in [0.1, 0.15) is 5.75 Å². The average molecular weight is 358 g/mol. The number of hydrogen-bond donors (Lipinski definition) is 1.